The van der Waals surface area contributed by atoms with Gasteiger partial charge in [0.05, 0.1) is 11.4 Å². The molecule has 0 unspecified atom stereocenters. The van der Waals surface area contributed by atoms with Crippen LogP contribution in [0.25, 0.3) is 0 Å². The van der Waals surface area contributed by atoms with E-state index in [1.54, 1.807) is 35.1 Å². The van der Waals surface area contributed by atoms with E-state index < -0.39 is 11.9 Å². The zero-order chi connectivity index (χ0) is 22.5. The number of esters is 2. The van der Waals surface area contributed by atoms with Gasteiger partial charge in [-0.2, -0.15) is 9.97 Å². The second-order valence-electron chi connectivity index (χ2n) is 6.93. The molecular formula is C22H20N4O4S2. The summed E-state index contributed by atoms with van der Waals surface area (Å²) in [6.07, 6.45) is 6.61. The summed E-state index contributed by atoms with van der Waals surface area (Å²) in [7, 11) is 0. The molecule has 4 rings (SSSR count). The molecule has 0 radical (unpaired) electrons. The van der Waals surface area contributed by atoms with E-state index in [2.05, 4.69) is 19.9 Å². The lowest BCUT2D eigenvalue weighted by Gasteiger charge is -1.97. The van der Waals surface area contributed by atoms with Crippen LogP contribution >= 0.6 is 22.7 Å². The molecule has 0 aromatic carbocycles. The first kappa shape index (κ1) is 21.7. The molecular weight excluding hydrogens is 448 g/mol. The van der Waals surface area contributed by atoms with Crippen LogP contribution in [0.4, 0.5) is 0 Å². The van der Waals surface area contributed by atoms with Crippen LogP contribution in [0.3, 0.4) is 0 Å². The number of carbonyl (C=O) groups is 2. The maximum absolute atomic E-state index is 12.0. The number of aromatic nitrogens is 4. The van der Waals surface area contributed by atoms with Crippen LogP contribution in [0.5, 0.6) is 12.0 Å². The van der Waals surface area contributed by atoms with Gasteiger partial charge in [-0.15, -0.1) is 22.7 Å². The highest BCUT2D eigenvalue weighted by molar-refractivity contribution is 7.10. The van der Waals surface area contributed by atoms with E-state index >= 15 is 0 Å². The standard InChI is InChI=1S/C22H20N4O4S2/c1-13-15(5-7-31-13)9-17-11-23-21(25-17)29-19(27)3-4-20(28)30-22-24-12-18(26-22)10-16-6-8-32-14(16)2/h3-8,11-12H,9-10H2,1-2H3,(H,23,25)(H,24,26)/b4-3+. The number of H-pyrrole nitrogens is 2. The number of ether oxygens (including phenoxy) is 2. The zero-order valence-corrected chi connectivity index (χ0v) is 19.0. The number of carbonyl (C=O) groups excluding carboxylic acids is 2. The van der Waals surface area contributed by atoms with E-state index in [1.807, 2.05) is 36.7 Å². The van der Waals surface area contributed by atoms with Crippen molar-refractivity contribution < 1.29 is 19.1 Å². The molecule has 0 atom stereocenters. The summed E-state index contributed by atoms with van der Waals surface area (Å²) in [4.78, 5) is 40.5. The summed E-state index contributed by atoms with van der Waals surface area (Å²) >= 11 is 3.34. The second kappa shape index (κ2) is 9.75. The predicted molar refractivity (Wildman–Crippen MR) is 121 cm³/mol. The third-order valence-electron chi connectivity index (χ3n) is 4.64. The molecule has 0 aliphatic rings. The van der Waals surface area contributed by atoms with Gasteiger partial charge in [-0.3, -0.25) is 0 Å². The summed E-state index contributed by atoms with van der Waals surface area (Å²) in [5.41, 5.74) is 3.86. The Labute approximate surface area is 192 Å². The van der Waals surface area contributed by atoms with Gasteiger partial charge in [-0.1, -0.05) is 0 Å². The van der Waals surface area contributed by atoms with E-state index in [-0.39, 0.29) is 12.0 Å². The van der Waals surface area contributed by atoms with Gasteiger partial charge in [0.25, 0.3) is 0 Å². The van der Waals surface area contributed by atoms with Crippen molar-refractivity contribution in [1.82, 2.24) is 19.9 Å². The molecule has 8 nitrogen and oxygen atoms in total. The summed E-state index contributed by atoms with van der Waals surface area (Å²) in [6.45, 7) is 4.09. The number of aromatic amines is 2. The van der Waals surface area contributed by atoms with Crippen molar-refractivity contribution in [2.45, 2.75) is 26.7 Å². The van der Waals surface area contributed by atoms with Crippen molar-refractivity contribution in [3.05, 3.63) is 79.7 Å². The molecule has 0 bridgehead atoms. The van der Waals surface area contributed by atoms with Crippen LogP contribution in [0.15, 0.2) is 47.4 Å². The highest BCUT2D eigenvalue weighted by Gasteiger charge is 2.11. The fourth-order valence-corrected chi connectivity index (χ4v) is 4.40. The first-order chi connectivity index (χ1) is 15.5. The van der Waals surface area contributed by atoms with Crippen LogP contribution in [-0.4, -0.2) is 31.9 Å². The molecule has 0 saturated carbocycles. The Morgan fingerprint density at radius 1 is 0.844 bits per heavy atom. The van der Waals surface area contributed by atoms with Crippen LogP contribution in [-0.2, 0) is 22.4 Å². The van der Waals surface area contributed by atoms with E-state index in [0.29, 0.717) is 12.8 Å². The molecule has 4 aromatic rings. The van der Waals surface area contributed by atoms with Gasteiger partial charge in [-0.25, -0.2) is 9.59 Å². The van der Waals surface area contributed by atoms with Crippen LogP contribution in [0.1, 0.15) is 32.3 Å². The second-order valence-corrected chi connectivity index (χ2v) is 9.17. The Morgan fingerprint density at radius 3 is 1.66 bits per heavy atom. The highest BCUT2D eigenvalue weighted by atomic mass is 32.1. The predicted octanol–water partition coefficient (Wildman–Crippen LogP) is 4.12. The van der Waals surface area contributed by atoms with Crippen molar-refractivity contribution in [2.75, 3.05) is 0 Å². The van der Waals surface area contributed by atoms with Crippen molar-refractivity contribution in [3.8, 4) is 12.0 Å². The van der Waals surface area contributed by atoms with Gasteiger partial charge in [0.15, 0.2) is 0 Å². The minimum Gasteiger partial charge on any atom is -0.389 e. The number of aryl methyl sites for hydroxylation is 2. The minimum absolute atomic E-state index is 0.0651. The maximum Gasteiger partial charge on any atom is 0.338 e. The molecule has 0 spiro atoms. The lowest BCUT2D eigenvalue weighted by molar-refractivity contribution is -0.132. The van der Waals surface area contributed by atoms with E-state index in [1.165, 1.54) is 20.9 Å². The van der Waals surface area contributed by atoms with Gasteiger partial charge < -0.3 is 19.4 Å². The fraction of sp³-hybridized carbons (Fsp3) is 0.182. The molecule has 4 heterocycles. The monoisotopic (exact) mass is 468 g/mol. The molecule has 4 aromatic heterocycles. The summed E-state index contributed by atoms with van der Waals surface area (Å²) in [5, 5.41) is 4.05. The van der Waals surface area contributed by atoms with Gasteiger partial charge in [-0.05, 0) is 47.9 Å². The normalized spacial score (nSPS) is 11.2. The maximum atomic E-state index is 12.0. The van der Waals surface area contributed by atoms with Crippen LogP contribution < -0.4 is 9.47 Å². The highest BCUT2D eigenvalue weighted by Crippen LogP contribution is 2.20. The lowest BCUT2D eigenvalue weighted by Crippen LogP contribution is -2.09. The zero-order valence-electron chi connectivity index (χ0n) is 17.4. The lowest BCUT2D eigenvalue weighted by atomic mass is 10.1. The van der Waals surface area contributed by atoms with Crippen molar-refractivity contribution in [2.24, 2.45) is 0 Å². The molecule has 0 fully saturated rings. The fourth-order valence-electron chi connectivity index (χ4n) is 2.94. The molecule has 0 amide bonds. The Bertz CT molecular complexity index is 1170. The Hall–Kier alpha value is -3.50. The molecule has 2 N–H and O–H groups in total. The van der Waals surface area contributed by atoms with Gasteiger partial charge in [0.2, 0.25) is 0 Å². The molecule has 0 saturated heterocycles. The van der Waals surface area contributed by atoms with Crippen molar-refractivity contribution in [3.63, 3.8) is 0 Å². The Balaban J connectivity index is 1.26. The largest absolute Gasteiger partial charge is 0.389 e. The number of hydrogen-bond acceptors (Lipinski definition) is 8. The number of rotatable bonds is 8. The summed E-state index contributed by atoms with van der Waals surface area (Å²) < 4.78 is 10.2. The quantitative estimate of drug-likeness (QED) is 0.297. The molecule has 10 heteroatoms. The number of imidazole rings is 2. The smallest absolute Gasteiger partial charge is 0.338 e. The van der Waals surface area contributed by atoms with Crippen LogP contribution in [0, 0.1) is 13.8 Å². The van der Waals surface area contributed by atoms with Gasteiger partial charge in [0.1, 0.15) is 0 Å². The molecule has 32 heavy (non-hydrogen) atoms. The minimum atomic E-state index is -0.748. The average Bonchev–Trinajstić information content (AvgIpc) is 3.54. The third kappa shape index (κ3) is 5.59. The molecule has 0 aliphatic heterocycles. The first-order valence-corrected chi connectivity index (χ1v) is 11.5. The Morgan fingerprint density at radius 2 is 1.28 bits per heavy atom. The van der Waals surface area contributed by atoms with E-state index in [9.17, 15) is 9.59 Å². The SMILES string of the molecule is Cc1sccc1Cc1c[nH]c(OC(=O)/C=C/C(=O)Oc2nc(Cc3ccsc3C)c[nH]2)n1. The van der Waals surface area contributed by atoms with Crippen molar-refractivity contribution in [1.29, 1.82) is 0 Å². The van der Waals surface area contributed by atoms with Crippen molar-refractivity contribution >= 4 is 34.6 Å². The topological polar surface area (TPSA) is 110 Å². The van der Waals surface area contributed by atoms with Crippen LogP contribution in [0.2, 0.25) is 0 Å². The molecule has 0 aliphatic carbocycles. The Kier molecular flexibility index (Phi) is 6.62. The van der Waals surface area contributed by atoms with E-state index in [0.717, 1.165) is 23.5 Å². The third-order valence-corrected chi connectivity index (χ3v) is 6.42. The summed E-state index contributed by atoms with van der Waals surface area (Å²) in [5.74, 6) is -1.50. The first-order valence-electron chi connectivity index (χ1n) is 9.72. The molecule has 164 valence electrons. The van der Waals surface area contributed by atoms with E-state index in [4.69, 9.17) is 9.47 Å². The van der Waals surface area contributed by atoms with Gasteiger partial charge in [0, 0.05) is 47.1 Å². The average molecular weight is 469 g/mol. The summed E-state index contributed by atoms with van der Waals surface area (Å²) in [6, 6.07) is 4.21. The van der Waals surface area contributed by atoms with Gasteiger partial charge >= 0.3 is 24.0 Å². The number of thiophene rings is 2. The number of nitrogens with zero attached hydrogens (tertiary/aromatic N) is 2. The number of hydrogen-bond donors (Lipinski definition) is 2. The number of nitrogens with one attached hydrogen (secondary N) is 2.